The Morgan fingerprint density at radius 1 is 0.667 bits per heavy atom. The molecule has 0 saturated heterocycles. The number of nitrogens with one attached hydrogen (secondary N) is 11. The Morgan fingerprint density at radius 3 is 1.80 bits per heavy atom. The Bertz CT molecular complexity index is 92.7. The molecular formula is C2H19N13. The van der Waals surface area contributed by atoms with Crippen LogP contribution in [0.4, 0.5) is 0 Å². The fourth-order valence-electron chi connectivity index (χ4n) is 0.448. The second-order valence-electron chi connectivity index (χ2n) is 1.93. The minimum Gasteiger partial charge on any atom is -0.317 e. The summed E-state index contributed by atoms with van der Waals surface area (Å²) in [5, 5.41) is 0. The zero-order valence-electron chi connectivity index (χ0n) is 8.07. The highest BCUT2D eigenvalue weighted by atomic mass is 15.9. The Balaban J connectivity index is 2.81. The van der Waals surface area contributed by atoms with Gasteiger partial charge in [0, 0.05) is 0 Å². The van der Waals surface area contributed by atoms with E-state index in [1.807, 2.05) is 0 Å². The lowest BCUT2D eigenvalue weighted by molar-refractivity contribution is 0.250. The van der Waals surface area contributed by atoms with E-state index in [2.05, 4.69) is 60.6 Å². The minimum absolute atomic E-state index is 0.301. The van der Waals surface area contributed by atoms with Crippen LogP contribution in [0.5, 0.6) is 0 Å². The van der Waals surface area contributed by atoms with E-state index >= 15 is 0 Å². The lowest BCUT2D eigenvalue weighted by atomic mass is 11.2. The number of nitrogens with two attached hydrogens (primary N) is 2. The first-order valence-corrected chi connectivity index (χ1v) is 4.01. The Morgan fingerprint density at radius 2 is 1.20 bits per heavy atom. The quantitative estimate of drug-likeness (QED) is 0.0651. The van der Waals surface area contributed by atoms with Crippen molar-refractivity contribution in [1.29, 1.82) is 0 Å². The Labute approximate surface area is 86.5 Å². The highest BCUT2D eigenvalue weighted by Gasteiger charge is 1.82. The molecule has 0 amide bonds. The van der Waals surface area contributed by atoms with Gasteiger partial charge in [0.05, 0.1) is 13.3 Å². The molecule has 0 aromatic heterocycles. The van der Waals surface area contributed by atoms with Gasteiger partial charge in [-0.15, -0.1) is 0 Å². The molecule has 0 aromatic carbocycles. The van der Waals surface area contributed by atoms with Crippen LogP contribution in [-0.4, -0.2) is 13.3 Å². The van der Waals surface area contributed by atoms with Gasteiger partial charge in [-0.2, -0.15) is 44.3 Å². The lowest BCUT2D eigenvalue weighted by Crippen LogP contribution is -2.64. The van der Waals surface area contributed by atoms with Crippen molar-refractivity contribution in [3.8, 4) is 0 Å². The largest absolute Gasteiger partial charge is 0.317 e. The molecule has 0 unspecified atom stereocenters. The molecule has 13 heteroatoms. The topological polar surface area (TPSA) is 184 Å². The predicted octanol–water partition coefficient (Wildman–Crippen LogP) is -6.55. The van der Waals surface area contributed by atoms with E-state index in [0.29, 0.717) is 13.3 Å². The first-order valence-electron chi connectivity index (χ1n) is 4.01. The molecule has 15 heavy (non-hydrogen) atoms. The molecule has 0 aliphatic carbocycles. The molecule has 15 N–H and O–H groups in total. The molecule has 13 nitrogen and oxygen atoms in total. The van der Waals surface area contributed by atoms with Gasteiger partial charge < -0.3 is 5.73 Å². The third kappa shape index (κ3) is 13.5. The fraction of sp³-hybridized carbons (Fsp3) is 1.00. The SMILES string of the molecule is NCNNNNNNNNCNNNN. The molecule has 0 spiro atoms. The van der Waals surface area contributed by atoms with Gasteiger partial charge in [0.2, 0.25) is 0 Å². The van der Waals surface area contributed by atoms with Crippen LogP contribution < -0.4 is 72.1 Å². The summed E-state index contributed by atoms with van der Waals surface area (Å²) in [5.74, 6) is 4.91. The molecule has 0 heterocycles. The molecule has 0 aliphatic rings. The van der Waals surface area contributed by atoms with Gasteiger partial charge in [0.25, 0.3) is 0 Å². The van der Waals surface area contributed by atoms with E-state index in [0.717, 1.165) is 0 Å². The van der Waals surface area contributed by atoms with Crippen LogP contribution in [0.1, 0.15) is 0 Å². The van der Waals surface area contributed by atoms with Crippen LogP contribution in [0.3, 0.4) is 0 Å². The van der Waals surface area contributed by atoms with E-state index in [1.54, 1.807) is 0 Å². The average molecular weight is 225 g/mol. The molecule has 0 bridgehead atoms. The highest BCUT2D eigenvalue weighted by Crippen LogP contribution is 1.35. The zero-order valence-corrected chi connectivity index (χ0v) is 8.07. The van der Waals surface area contributed by atoms with Crippen LogP contribution in [-0.2, 0) is 0 Å². The Kier molecular flexibility index (Phi) is 13.0. The number of hydrogen-bond donors (Lipinski definition) is 13. The number of hydrazine groups is 10. The van der Waals surface area contributed by atoms with Crippen LogP contribution in [0.2, 0.25) is 0 Å². The van der Waals surface area contributed by atoms with E-state index < -0.39 is 0 Å². The Hall–Kier alpha value is -0.520. The maximum atomic E-state index is 5.12. The summed E-state index contributed by atoms with van der Waals surface area (Å²) in [5.41, 5.74) is 32.9. The second-order valence-corrected chi connectivity index (χ2v) is 1.93. The molecule has 0 atom stereocenters. The van der Waals surface area contributed by atoms with Crippen LogP contribution in [0.25, 0.3) is 0 Å². The third-order valence-electron chi connectivity index (χ3n) is 0.929. The zero-order chi connectivity index (χ0) is 11.2. The summed E-state index contributed by atoms with van der Waals surface area (Å²) in [4.78, 5) is 0. The molecular weight excluding hydrogens is 206 g/mol. The predicted molar refractivity (Wildman–Crippen MR) is 52.6 cm³/mol. The van der Waals surface area contributed by atoms with Crippen molar-refractivity contribution in [2.45, 2.75) is 0 Å². The first kappa shape index (κ1) is 14.5. The summed E-state index contributed by atoms with van der Waals surface area (Å²) in [7, 11) is 0. The lowest BCUT2D eigenvalue weighted by Gasteiger charge is -2.12. The summed E-state index contributed by atoms with van der Waals surface area (Å²) in [6.07, 6.45) is 0. The molecule has 0 rings (SSSR count). The maximum absolute atomic E-state index is 5.12. The molecule has 0 fully saturated rings. The van der Waals surface area contributed by atoms with Crippen LogP contribution >= 0.6 is 0 Å². The van der Waals surface area contributed by atoms with Crippen molar-refractivity contribution < 1.29 is 0 Å². The summed E-state index contributed by atoms with van der Waals surface area (Å²) >= 11 is 0. The average Bonchev–Trinajstić information content (AvgIpc) is 2.26. The maximum Gasteiger partial charge on any atom is 0.0748 e. The van der Waals surface area contributed by atoms with Gasteiger partial charge in [-0.05, 0) is 0 Å². The van der Waals surface area contributed by atoms with Crippen molar-refractivity contribution in [3.63, 3.8) is 0 Å². The van der Waals surface area contributed by atoms with Gasteiger partial charge in [-0.25, -0.2) is 16.3 Å². The van der Waals surface area contributed by atoms with Gasteiger partial charge in [-0.1, -0.05) is 0 Å². The molecule has 0 aromatic rings. The van der Waals surface area contributed by atoms with Gasteiger partial charge in [0.1, 0.15) is 0 Å². The molecule has 0 radical (unpaired) electrons. The van der Waals surface area contributed by atoms with Gasteiger partial charge in [0.15, 0.2) is 0 Å². The second kappa shape index (κ2) is 13.5. The summed E-state index contributed by atoms with van der Waals surface area (Å²) < 4.78 is 0. The van der Waals surface area contributed by atoms with Crippen molar-refractivity contribution in [2.75, 3.05) is 13.3 Å². The smallest absolute Gasteiger partial charge is 0.0748 e. The third-order valence-corrected chi connectivity index (χ3v) is 0.929. The van der Waals surface area contributed by atoms with Gasteiger partial charge in [-0.3, -0.25) is 5.84 Å². The van der Waals surface area contributed by atoms with Gasteiger partial charge >= 0.3 is 0 Å². The number of hydrogen-bond acceptors (Lipinski definition) is 13. The standard InChI is InChI=1S/C2H19N13/c3-1-5-10-12-14-15-13-11-7-2-6-9-8-4/h5-15H,1-4H2. The van der Waals surface area contributed by atoms with Crippen molar-refractivity contribution in [2.24, 2.45) is 11.6 Å². The normalized spacial score (nSPS) is 10.8. The number of rotatable bonds is 12. The van der Waals surface area contributed by atoms with Crippen LogP contribution in [0.15, 0.2) is 0 Å². The van der Waals surface area contributed by atoms with E-state index in [1.165, 1.54) is 0 Å². The first-order chi connectivity index (χ1) is 7.41. The summed E-state index contributed by atoms with van der Waals surface area (Å²) in [6.45, 7) is 0.717. The summed E-state index contributed by atoms with van der Waals surface area (Å²) in [6, 6.07) is 0. The van der Waals surface area contributed by atoms with Crippen molar-refractivity contribution >= 4 is 0 Å². The van der Waals surface area contributed by atoms with Crippen molar-refractivity contribution in [1.82, 2.24) is 60.6 Å². The fourth-order valence-corrected chi connectivity index (χ4v) is 0.448. The molecule has 0 saturated carbocycles. The van der Waals surface area contributed by atoms with E-state index in [-0.39, 0.29) is 0 Å². The van der Waals surface area contributed by atoms with E-state index in [4.69, 9.17) is 11.6 Å². The molecule has 0 aliphatic heterocycles. The highest BCUT2D eigenvalue weighted by molar-refractivity contribution is 4.26. The van der Waals surface area contributed by atoms with E-state index in [9.17, 15) is 0 Å². The van der Waals surface area contributed by atoms with Crippen molar-refractivity contribution in [3.05, 3.63) is 0 Å². The monoisotopic (exact) mass is 225 g/mol. The van der Waals surface area contributed by atoms with Crippen LogP contribution in [0, 0.1) is 0 Å². The minimum atomic E-state index is 0.301. The molecule has 92 valence electrons.